The van der Waals surface area contributed by atoms with Gasteiger partial charge in [-0.2, -0.15) is 0 Å². The average Bonchev–Trinajstić information content (AvgIpc) is 2.33. The van der Waals surface area contributed by atoms with Crippen LogP contribution >= 0.6 is 0 Å². The Morgan fingerprint density at radius 2 is 1.82 bits per heavy atom. The zero-order valence-corrected chi connectivity index (χ0v) is 11.4. The van der Waals surface area contributed by atoms with E-state index >= 15 is 0 Å². The third-order valence-electron chi connectivity index (χ3n) is 3.44. The Morgan fingerprint density at radius 1 is 1.18 bits per heavy atom. The molecule has 0 aromatic heterocycles. The Balaban J connectivity index is 3.00. The van der Waals surface area contributed by atoms with E-state index in [9.17, 15) is 5.11 Å². The van der Waals surface area contributed by atoms with E-state index in [1.165, 1.54) is 0 Å². The highest BCUT2D eigenvalue weighted by Crippen LogP contribution is 2.32. The van der Waals surface area contributed by atoms with Crippen molar-refractivity contribution in [3.8, 4) is 5.75 Å². The van der Waals surface area contributed by atoms with Gasteiger partial charge in [-0.1, -0.05) is 38.8 Å². The summed E-state index contributed by atoms with van der Waals surface area (Å²) in [5.74, 6) is 1.21. The van der Waals surface area contributed by atoms with Crippen LogP contribution in [0.5, 0.6) is 5.75 Å². The first-order valence-corrected chi connectivity index (χ1v) is 6.55. The normalized spacial score (nSPS) is 12.8. The molecular weight excluding hydrogens is 212 g/mol. The van der Waals surface area contributed by atoms with Gasteiger partial charge in [-0.3, -0.25) is 0 Å². The van der Waals surface area contributed by atoms with E-state index in [1.54, 1.807) is 0 Å². The van der Waals surface area contributed by atoms with Crippen molar-refractivity contribution in [2.45, 2.75) is 46.6 Å². The fourth-order valence-electron chi connectivity index (χ4n) is 2.25. The van der Waals surface area contributed by atoms with Gasteiger partial charge in [0.15, 0.2) is 0 Å². The predicted molar refractivity (Wildman–Crippen MR) is 71.4 cm³/mol. The quantitative estimate of drug-likeness (QED) is 0.812. The van der Waals surface area contributed by atoms with Crippen LogP contribution < -0.4 is 4.74 Å². The first-order chi connectivity index (χ1) is 8.15. The molecule has 1 aromatic rings. The summed E-state index contributed by atoms with van der Waals surface area (Å²) in [6.45, 7) is 8.90. The van der Waals surface area contributed by atoms with Crippen molar-refractivity contribution < 1.29 is 9.84 Å². The molecule has 0 saturated carbocycles. The van der Waals surface area contributed by atoms with Crippen molar-refractivity contribution in [1.29, 1.82) is 0 Å². The fourth-order valence-corrected chi connectivity index (χ4v) is 2.25. The highest BCUT2D eigenvalue weighted by atomic mass is 16.5. The lowest BCUT2D eigenvalue weighted by molar-refractivity contribution is 0.102. The Morgan fingerprint density at radius 3 is 2.35 bits per heavy atom. The van der Waals surface area contributed by atoms with Crippen molar-refractivity contribution in [1.82, 2.24) is 0 Å². The SMILES string of the molecule is CCOc1cccc(C(O)C(CC)CC)c1C. The average molecular weight is 236 g/mol. The summed E-state index contributed by atoms with van der Waals surface area (Å²) in [6, 6.07) is 5.92. The summed E-state index contributed by atoms with van der Waals surface area (Å²) in [5.41, 5.74) is 2.07. The van der Waals surface area contributed by atoms with Crippen LogP contribution in [0.15, 0.2) is 18.2 Å². The summed E-state index contributed by atoms with van der Waals surface area (Å²) in [5, 5.41) is 10.4. The summed E-state index contributed by atoms with van der Waals surface area (Å²) < 4.78 is 5.56. The van der Waals surface area contributed by atoms with Gasteiger partial charge in [0.1, 0.15) is 5.75 Å². The summed E-state index contributed by atoms with van der Waals surface area (Å²) in [7, 11) is 0. The van der Waals surface area contributed by atoms with Crippen molar-refractivity contribution in [2.24, 2.45) is 5.92 Å². The second kappa shape index (κ2) is 6.65. The van der Waals surface area contributed by atoms with E-state index in [4.69, 9.17) is 4.74 Å². The Hall–Kier alpha value is -1.02. The lowest BCUT2D eigenvalue weighted by Gasteiger charge is -2.23. The zero-order valence-electron chi connectivity index (χ0n) is 11.4. The first-order valence-electron chi connectivity index (χ1n) is 6.55. The molecule has 0 spiro atoms. The van der Waals surface area contributed by atoms with E-state index in [0.29, 0.717) is 12.5 Å². The molecule has 1 rings (SSSR count). The van der Waals surface area contributed by atoms with Gasteiger partial charge < -0.3 is 9.84 Å². The fraction of sp³-hybridized carbons (Fsp3) is 0.600. The molecule has 0 heterocycles. The van der Waals surface area contributed by atoms with Gasteiger partial charge in [0.2, 0.25) is 0 Å². The van der Waals surface area contributed by atoms with Gasteiger partial charge in [-0.15, -0.1) is 0 Å². The third-order valence-corrected chi connectivity index (χ3v) is 3.44. The van der Waals surface area contributed by atoms with Crippen molar-refractivity contribution in [3.63, 3.8) is 0 Å². The molecule has 0 radical (unpaired) electrons. The van der Waals surface area contributed by atoms with Gasteiger partial charge in [-0.25, -0.2) is 0 Å². The van der Waals surface area contributed by atoms with E-state index in [1.807, 2.05) is 32.0 Å². The third kappa shape index (κ3) is 3.22. The smallest absolute Gasteiger partial charge is 0.122 e. The number of rotatable bonds is 6. The van der Waals surface area contributed by atoms with Crippen LogP contribution in [-0.4, -0.2) is 11.7 Å². The molecular formula is C15H24O2. The largest absolute Gasteiger partial charge is 0.494 e. The van der Waals surface area contributed by atoms with Crippen LogP contribution in [-0.2, 0) is 0 Å². The molecule has 0 fully saturated rings. The van der Waals surface area contributed by atoms with E-state index in [-0.39, 0.29) is 6.10 Å². The topological polar surface area (TPSA) is 29.5 Å². The lowest BCUT2D eigenvalue weighted by atomic mass is 9.89. The van der Waals surface area contributed by atoms with Crippen molar-refractivity contribution in [3.05, 3.63) is 29.3 Å². The number of aliphatic hydroxyl groups is 1. The molecule has 0 saturated heterocycles. The van der Waals surface area contributed by atoms with Crippen LogP contribution in [0.25, 0.3) is 0 Å². The van der Waals surface area contributed by atoms with Crippen LogP contribution in [0.4, 0.5) is 0 Å². The molecule has 0 bridgehead atoms. The molecule has 96 valence electrons. The maximum absolute atomic E-state index is 10.4. The minimum Gasteiger partial charge on any atom is -0.494 e. The number of hydrogen-bond donors (Lipinski definition) is 1. The van der Waals surface area contributed by atoms with Crippen molar-refractivity contribution in [2.75, 3.05) is 6.61 Å². The van der Waals surface area contributed by atoms with Crippen LogP contribution in [0, 0.1) is 12.8 Å². The molecule has 1 aromatic carbocycles. The molecule has 2 nitrogen and oxygen atoms in total. The Bertz CT molecular complexity index is 343. The molecule has 0 aliphatic rings. The molecule has 1 unspecified atom stereocenters. The molecule has 0 amide bonds. The molecule has 1 N–H and O–H groups in total. The van der Waals surface area contributed by atoms with Gasteiger partial charge in [0.25, 0.3) is 0 Å². The summed E-state index contributed by atoms with van der Waals surface area (Å²) in [4.78, 5) is 0. The summed E-state index contributed by atoms with van der Waals surface area (Å²) in [6.07, 6.45) is 1.61. The second-order valence-electron chi connectivity index (χ2n) is 4.42. The van der Waals surface area contributed by atoms with Gasteiger partial charge >= 0.3 is 0 Å². The Labute approximate surface area is 105 Å². The number of ether oxygens (including phenoxy) is 1. The van der Waals surface area contributed by atoms with Gasteiger partial charge in [-0.05, 0) is 37.0 Å². The van der Waals surface area contributed by atoms with Crippen LogP contribution in [0.2, 0.25) is 0 Å². The van der Waals surface area contributed by atoms with Crippen molar-refractivity contribution >= 4 is 0 Å². The zero-order chi connectivity index (χ0) is 12.8. The molecule has 17 heavy (non-hydrogen) atoms. The van der Waals surface area contributed by atoms with E-state index in [0.717, 1.165) is 29.7 Å². The first kappa shape index (κ1) is 14.0. The van der Waals surface area contributed by atoms with Crippen LogP contribution in [0.1, 0.15) is 50.8 Å². The molecule has 2 heteroatoms. The second-order valence-corrected chi connectivity index (χ2v) is 4.42. The molecule has 0 aliphatic heterocycles. The lowest BCUT2D eigenvalue weighted by Crippen LogP contribution is -2.12. The number of hydrogen-bond acceptors (Lipinski definition) is 2. The van der Waals surface area contributed by atoms with Gasteiger partial charge in [0, 0.05) is 0 Å². The standard InChI is InChI=1S/C15H24O2/c1-5-12(6-2)15(16)13-9-8-10-14(11(13)4)17-7-3/h8-10,12,15-16H,5-7H2,1-4H3. The van der Waals surface area contributed by atoms with Crippen LogP contribution in [0.3, 0.4) is 0 Å². The molecule has 1 atom stereocenters. The highest BCUT2D eigenvalue weighted by Gasteiger charge is 2.20. The minimum absolute atomic E-state index is 0.325. The number of benzene rings is 1. The molecule has 0 aliphatic carbocycles. The minimum atomic E-state index is -0.384. The maximum Gasteiger partial charge on any atom is 0.122 e. The van der Waals surface area contributed by atoms with E-state index < -0.39 is 0 Å². The van der Waals surface area contributed by atoms with E-state index in [2.05, 4.69) is 13.8 Å². The Kier molecular flexibility index (Phi) is 5.49. The van der Waals surface area contributed by atoms with Gasteiger partial charge in [0.05, 0.1) is 12.7 Å². The maximum atomic E-state index is 10.4. The number of aliphatic hydroxyl groups excluding tert-OH is 1. The summed E-state index contributed by atoms with van der Waals surface area (Å²) >= 11 is 0. The predicted octanol–water partition coefficient (Wildman–Crippen LogP) is 3.86. The highest BCUT2D eigenvalue weighted by molar-refractivity contribution is 5.40. The monoisotopic (exact) mass is 236 g/mol.